The van der Waals surface area contributed by atoms with Crippen molar-refractivity contribution in [2.24, 2.45) is 0 Å². The first-order valence-electron chi connectivity index (χ1n) is 5.69. The lowest BCUT2D eigenvalue weighted by Crippen LogP contribution is -2.39. The SMILES string of the molecule is CC(C)N(CCO)C(=O)Cc1ccc(F)cc1. The standard InChI is InChI=1S/C13H18FNO2/c1-10(2)15(7-8-16)13(17)9-11-3-5-12(14)6-4-11/h3-6,10,16H,7-9H2,1-2H3. The van der Waals surface area contributed by atoms with E-state index in [9.17, 15) is 9.18 Å². The molecule has 94 valence electrons. The van der Waals surface area contributed by atoms with Gasteiger partial charge in [0.2, 0.25) is 5.91 Å². The van der Waals surface area contributed by atoms with Crippen LogP contribution in [0.4, 0.5) is 4.39 Å². The number of hydrogen-bond donors (Lipinski definition) is 1. The Hall–Kier alpha value is -1.42. The number of nitrogens with zero attached hydrogens (tertiary/aromatic N) is 1. The van der Waals surface area contributed by atoms with Crippen LogP contribution in [0.3, 0.4) is 0 Å². The summed E-state index contributed by atoms with van der Waals surface area (Å²) < 4.78 is 12.7. The van der Waals surface area contributed by atoms with Crippen molar-refractivity contribution in [3.63, 3.8) is 0 Å². The minimum atomic E-state index is -0.308. The van der Waals surface area contributed by atoms with Gasteiger partial charge in [0.15, 0.2) is 0 Å². The van der Waals surface area contributed by atoms with Gasteiger partial charge in [-0.05, 0) is 31.5 Å². The Kier molecular flexibility index (Phi) is 5.10. The summed E-state index contributed by atoms with van der Waals surface area (Å²) in [4.78, 5) is 13.6. The summed E-state index contributed by atoms with van der Waals surface area (Å²) in [6.07, 6.45) is 0.235. The lowest BCUT2D eigenvalue weighted by Gasteiger charge is -2.26. The van der Waals surface area contributed by atoms with E-state index in [-0.39, 0.29) is 30.8 Å². The van der Waals surface area contributed by atoms with Crippen LogP contribution in [-0.4, -0.2) is 35.1 Å². The summed E-state index contributed by atoms with van der Waals surface area (Å²) in [5, 5.41) is 8.89. The van der Waals surface area contributed by atoms with Crippen molar-refractivity contribution in [1.82, 2.24) is 4.90 Å². The summed E-state index contributed by atoms with van der Waals surface area (Å²) in [5.41, 5.74) is 0.778. The third-order valence-electron chi connectivity index (χ3n) is 2.55. The number of carbonyl (C=O) groups is 1. The number of carbonyl (C=O) groups excluding carboxylic acids is 1. The normalized spacial score (nSPS) is 10.6. The van der Waals surface area contributed by atoms with Gasteiger partial charge in [-0.3, -0.25) is 4.79 Å². The molecule has 0 saturated heterocycles. The number of aliphatic hydroxyl groups is 1. The summed E-state index contributed by atoms with van der Waals surface area (Å²) in [7, 11) is 0. The minimum Gasteiger partial charge on any atom is -0.395 e. The fraction of sp³-hybridized carbons (Fsp3) is 0.462. The Morgan fingerprint density at radius 2 is 1.94 bits per heavy atom. The van der Waals surface area contributed by atoms with Crippen LogP contribution in [-0.2, 0) is 11.2 Å². The molecule has 0 aromatic heterocycles. The van der Waals surface area contributed by atoms with Crippen LogP contribution in [0.25, 0.3) is 0 Å². The van der Waals surface area contributed by atoms with Gasteiger partial charge in [0.05, 0.1) is 13.0 Å². The number of aliphatic hydroxyl groups excluding tert-OH is 1. The van der Waals surface area contributed by atoms with Crippen LogP contribution in [0.1, 0.15) is 19.4 Å². The van der Waals surface area contributed by atoms with E-state index in [1.54, 1.807) is 17.0 Å². The average Bonchev–Trinajstić information content (AvgIpc) is 2.28. The van der Waals surface area contributed by atoms with Gasteiger partial charge in [0, 0.05) is 12.6 Å². The molecule has 0 radical (unpaired) electrons. The summed E-state index contributed by atoms with van der Waals surface area (Å²) in [6.45, 7) is 4.08. The molecule has 0 atom stereocenters. The summed E-state index contributed by atoms with van der Waals surface area (Å²) >= 11 is 0. The molecule has 0 aliphatic heterocycles. The van der Waals surface area contributed by atoms with Gasteiger partial charge in [-0.2, -0.15) is 0 Å². The zero-order valence-corrected chi connectivity index (χ0v) is 10.2. The third kappa shape index (κ3) is 4.15. The Labute approximate surface area is 101 Å². The van der Waals surface area contributed by atoms with Gasteiger partial charge in [0.25, 0.3) is 0 Å². The summed E-state index contributed by atoms with van der Waals surface area (Å²) in [6, 6.07) is 5.94. The lowest BCUT2D eigenvalue weighted by atomic mass is 10.1. The van der Waals surface area contributed by atoms with Gasteiger partial charge >= 0.3 is 0 Å². The molecule has 1 rings (SSSR count). The monoisotopic (exact) mass is 239 g/mol. The molecule has 0 aliphatic carbocycles. The topological polar surface area (TPSA) is 40.5 Å². The van der Waals surface area contributed by atoms with E-state index in [1.165, 1.54) is 12.1 Å². The van der Waals surface area contributed by atoms with E-state index >= 15 is 0 Å². The van der Waals surface area contributed by atoms with E-state index in [0.29, 0.717) is 6.54 Å². The molecule has 0 saturated carbocycles. The molecule has 1 N–H and O–H groups in total. The molecule has 0 bridgehead atoms. The van der Waals surface area contributed by atoms with Gasteiger partial charge in [-0.1, -0.05) is 12.1 Å². The average molecular weight is 239 g/mol. The highest BCUT2D eigenvalue weighted by molar-refractivity contribution is 5.79. The molecular weight excluding hydrogens is 221 g/mol. The lowest BCUT2D eigenvalue weighted by molar-refractivity contribution is -0.132. The Morgan fingerprint density at radius 1 is 1.35 bits per heavy atom. The van der Waals surface area contributed by atoms with Crippen molar-refractivity contribution >= 4 is 5.91 Å². The van der Waals surface area contributed by atoms with E-state index < -0.39 is 0 Å². The fourth-order valence-corrected chi connectivity index (χ4v) is 1.66. The van der Waals surface area contributed by atoms with Crippen molar-refractivity contribution in [1.29, 1.82) is 0 Å². The Bertz CT molecular complexity index is 362. The quantitative estimate of drug-likeness (QED) is 0.847. The zero-order valence-electron chi connectivity index (χ0n) is 10.2. The second-order valence-electron chi connectivity index (χ2n) is 4.21. The molecule has 3 nitrogen and oxygen atoms in total. The van der Waals surface area contributed by atoms with Crippen molar-refractivity contribution in [3.8, 4) is 0 Å². The van der Waals surface area contributed by atoms with Crippen LogP contribution >= 0.6 is 0 Å². The van der Waals surface area contributed by atoms with Crippen LogP contribution in [0, 0.1) is 5.82 Å². The van der Waals surface area contributed by atoms with Crippen molar-refractivity contribution < 1.29 is 14.3 Å². The maximum atomic E-state index is 12.7. The molecule has 0 heterocycles. The molecule has 17 heavy (non-hydrogen) atoms. The van der Waals surface area contributed by atoms with Crippen LogP contribution in [0.2, 0.25) is 0 Å². The van der Waals surface area contributed by atoms with E-state index in [2.05, 4.69) is 0 Å². The van der Waals surface area contributed by atoms with E-state index in [0.717, 1.165) is 5.56 Å². The van der Waals surface area contributed by atoms with Gasteiger partial charge in [-0.25, -0.2) is 4.39 Å². The van der Waals surface area contributed by atoms with Gasteiger partial charge < -0.3 is 10.0 Å². The third-order valence-corrected chi connectivity index (χ3v) is 2.55. The first-order valence-corrected chi connectivity index (χ1v) is 5.69. The van der Waals surface area contributed by atoms with Gasteiger partial charge in [-0.15, -0.1) is 0 Å². The maximum absolute atomic E-state index is 12.7. The van der Waals surface area contributed by atoms with Crippen molar-refractivity contribution in [2.45, 2.75) is 26.3 Å². The minimum absolute atomic E-state index is 0.0483. The number of benzene rings is 1. The van der Waals surface area contributed by atoms with E-state index in [4.69, 9.17) is 5.11 Å². The number of rotatable bonds is 5. The molecule has 0 aliphatic rings. The molecule has 1 aromatic rings. The maximum Gasteiger partial charge on any atom is 0.227 e. The predicted molar refractivity (Wildman–Crippen MR) is 64.0 cm³/mol. The predicted octanol–water partition coefficient (Wildman–Crippen LogP) is 1.60. The molecule has 1 aromatic carbocycles. The van der Waals surface area contributed by atoms with E-state index in [1.807, 2.05) is 13.8 Å². The highest BCUT2D eigenvalue weighted by Crippen LogP contribution is 2.07. The Balaban J connectivity index is 2.66. The Morgan fingerprint density at radius 3 is 2.41 bits per heavy atom. The first-order chi connectivity index (χ1) is 8.04. The largest absolute Gasteiger partial charge is 0.395 e. The molecule has 0 spiro atoms. The fourth-order valence-electron chi connectivity index (χ4n) is 1.66. The van der Waals surface area contributed by atoms with Crippen LogP contribution in [0.5, 0.6) is 0 Å². The molecular formula is C13H18FNO2. The van der Waals surface area contributed by atoms with Crippen molar-refractivity contribution in [3.05, 3.63) is 35.6 Å². The second-order valence-corrected chi connectivity index (χ2v) is 4.21. The smallest absolute Gasteiger partial charge is 0.227 e. The second kappa shape index (κ2) is 6.35. The number of hydrogen-bond acceptors (Lipinski definition) is 2. The number of amides is 1. The molecule has 1 amide bonds. The summed E-state index contributed by atoms with van der Waals surface area (Å²) in [5.74, 6) is -0.363. The molecule has 4 heteroatoms. The van der Waals surface area contributed by atoms with Crippen molar-refractivity contribution in [2.75, 3.05) is 13.2 Å². The zero-order chi connectivity index (χ0) is 12.8. The highest BCUT2D eigenvalue weighted by atomic mass is 19.1. The van der Waals surface area contributed by atoms with Crippen LogP contribution < -0.4 is 0 Å². The molecule has 0 unspecified atom stereocenters. The van der Waals surface area contributed by atoms with Gasteiger partial charge in [0.1, 0.15) is 5.82 Å². The number of halogens is 1. The van der Waals surface area contributed by atoms with Crippen LogP contribution in [0.15, 0.2) is 24.3 Å². The molecule has 0 fully saturated rings. The first kappa shape index (κ1) is 13.6. The highest BCUT2D eigenvalue weighted by Gasteiger charge is 2.16.